The highest BCUT2D eigenvalue weighted by molar-refractivity contribution is 5.94. The van der Waals surface area contributed by atoms with Crippen LogP contribution in [-0.2, 0) is 17.9 Å². The van der Waals surface area contributed by atoms with Crippen LogP contribution in [0.3, 0.4) is 0 Å². The van der Waals surface area contributed by atoms with Crippen LogP contribution in [0.1, 0.15) is 34.3 Å². The van der Waals surface area contributed by atoms with Crippen molar-refractivity contribution in [2.75, 3.05) is 13.1 Å². The number of amides is 2. The smallest absolute Gasteiger partial charge is 0.253 e. The van der Waals surface area contributed by atoms with Crippen molar-refractivity contribution in [3.8, 4) is 0 Å². The summed E-state index contributed by atoms with van der Waals surface area (Å²) in [6, 6.07) is 13.6. The van der Waals surface area contributed by atoms with Crippen LogP contribution < -0.4 is 5.32 Å². The molecule has 0 bridgehead atoms. The van der Waals surface area contributed by atoms with Crippen molar-refractivity contribution >= 4 is 11.8 Å². The van der Waals surface area contributed by atoms with Crippen molar-refractivity contribution in [1.82, 2.24) is 25.0 Å². The van der Waals surface area contributed by atoms with Crippen LogP contribution >= 0.6 is 0 Å². The van der Waals surface area contributed by atoms with Gasteiger partial charge in [0.05, 0.1) is 6.54 Å². The lowest BCUT2D eigenvalue weighted by Crippen LogP contribution is -2.42. The Morgan fingerprint density at radius 2 is 1.81 bits per heavy atom. The zero-order chi connectivity index (χ0) is 21.6. The number of nitrogens with zero attached hydrogens (tertiary/aromatic N) is 4. The Morgan fingerprint density at radius 3 is 2.52 bits per heavy atom. The molecule has 7 nitrogen and oxygen atoms in total. The Hall–Kier alpha value is -3.55. The number of aromatic nitrogens is 3. The van der Waals surface area contributed by atoms with Gasteiger partial charge in [0.1, 0.15) is 18.5 Å². The molecule has 0 radical (unpaired) electrons. The molecule has 3 aromatic rings. The average molecular weight is 421 g/mol. The maximum absolute atomic E-state index is 13.1. The minimum absolute atomic E-state index is 0.00978. The Bertz CT molecular complexity index is 1030. The molecule has 0 atom stereocenters. The number of likely N-dealkylation sites (tertiary alicyclic amines) is 1. The summed E-state index contributed by atoms with van der Waals surface area (Å²) in [4.78, 5) is 30.8. The monoisotopic (exact) mass is 421 g/mol. The number of rotatable bonds is 6. The van der Waals surface area contributed by atoms with E-state index in [1.54, 1.807) is 15.9 Å². The molecule has 0 aliphatic carbocycles. The van der Waals surface area contributed by atoms with E-state index < -0.39 is 0 Å². The summed E-state index contributed by atoms with van der Waals surface area (Å²) >= 11 is 0. The van der Waals surface area contributed by atoms with E-state index in [1.807, 2.05) is 24.3 Å². The summed E-state index contributed by atoms with van der Waals surface area (Å²) in [6.07, 6.45) is 4.40. The van der Waals surface area contributed by atoms with Gasteiger partial charge in [-0.2, -0.15) is 5.10 Å². The standard InChI is InChI=1S/C23H24FN5O2/c24-21-6-4-20(5-7-21)23(31)28-10-8-19(9-11-28)22(30)26-13-17-2-1-3-18(12-17)14-29-16-25-15-27-29/h1-7,12,15-16,19H,8-11,13-14H2,(H,26,30). The summed E-state index contributed by atoms with van der Waals surface area (Å²) in [5.41, 5.74) is 2.58. The van der Waals surface area contributed by atoms with Crippen LogP contribution in [0.15, 0.2) is 61.2 Å². The normalized spacial score (nSPS) is 14.4. The molecule has 4 rings (SSSR count). The third-order valence-corrected chi connectivity index (χ3v) is 5.51. The molecule has 31 heavy (non-hydrogen) atoms. The van der Waals surface area contributed by atoms with Gasteiger partial charge in [0.25, 0.3) is 5.91 Å². The van der Waals surface area contributed by atoms with E-state index in [1.165, 1.54) is 30.6 Å². The molecule has 1 aliphatic heterocycles. The van der Waals surface area contributed by atoms with Crippen LogP contribution in [-0.4, -0.2) is 44.6 Å². The Morgan fingerprint density at radius 1 is 1.06 bits per heavy atom. The van der Waals surface area contributed by atoms with Gasteiger partial charge in [-0.15, -0.1) is 0 Å². The predicted molar refractivity (Wildman–Crippen MR) is 112 cm³/mol. The van der Waals surface area contributed by atoms with Gasteiger partial charge in [-0.05, 0) is 48.2 Å². The number of piperidine rings is 1. The fourth-order valence-electron chi connectivity index (χ4n) is 3.79. The van der Waals surface area contributed by atoms with Crippen molar-refractivity contribution < 1.29 is 14.0 Å². The van der Waals surface area contributed by atoms with Crippen molar-refractivity contribution in [1.29, 1.82) is 0 Å². The van der Waals surface area contributed by atoms with E-state index in [-0.39, 0.29) is 23.5 Å². The molecule has 0 spiro atoms. The highest BCUT2D eigenvalue weighted by atomic mass is 19.1. The van der Waals surface area contributed by atoms with Gasteiger partial charge in [-0.3, -0.25) is 9.59 Å². The molecule has 1 aliphatic rings. The first-order valence-electron chi connectivity index (χ1n) is 10.3. The number of hydrogen-bond donors (Lipinski definition) is 1. The zero-order valence-corrected chi connectivity index (χ0v) is 17.1. The van der Waals surface area contributed by atoms with Gasteiger partial charge in [0, 0.05) is 31.1 Å². The van der Waals surface area contributed by atoms with Crippen LogP contribution in [0.25, 0.3) is 0 Å². The third kappa shape index (κ3) is 5.33. The number of carbonyl (C=O) groups excluding carboxylic acids is 2. The SMILES string of the molecule is O=C(NCc1cccc(Cn2cncn2)c1)C1CCN(C(=O)c2ccc(F)cc2)CC1. The van der Waals surface area contributed by atoms with Crippen LogP contribution in [0.4, 0.5) is 4.39 Å². The van der Waals surface area contributed by atoms with E-state index in [2.05, 4.69) is 15.4 Å². The second kappa shape index (κ2) is 9.51. The second-order valence-electron chi connectivity index (χ2n) is 7.70. The molecule has 0 unspecified atom stereocenters. The minimum atomic E-state index is -0.365. The lowest BCUT2D eigenvalue weighted by molar-refractivity contribution is -0.126. The number of nitrogens with one attached hydrogen (secondary N) is 1. The Labute approximate surface area is 179 Å². The predicted octanol–water partition coefficient (Wildman–Crippen LogP) is 2.63. The van der Waals surface area contributed by atoms with E-state index >= 15 is 0 Å². The summed E-state index contributed by atoms with van der Waals surface area (Å²) in [7, 11) is 0. The summed E-state index contributed by atoms with van der Waals surface area (Å²) in [6.45, 7) is 2.12. The van der Waals surface area contributed by atoms with Crippen molar-refractivity contribution in [2.24, 2.45) is 5.92 Å². The maximum Gasteiger partial charge on any atom is 0.253 e. The summed E-state index contributed by atoms with van der Waals surface area (Å²) < 4.78 is 14.8. The molecule has 1 saturated heterocycles. The minimum Gasteiger partial charge on any atom is -0.352 e. The highest BCUT2D eigenvalue weighted by Crippen LogP contribution is 2.20. The van der Waals surface area contributed by atoms with E-state index in [0.29, 0.717) is 44.6 Å². The van der Waals surface area contributed by atoms with E-state index in [9.17, 15) is 14.0 Å². The van der Waals surface area contributed by atoms with Crippen LogP contribution in [0.5, 0.6) is 0 Å². The lowest BCUT2D eigenvalue weighted by atomic mass is 9.95. The van der Waals surface area contributed by atoms with Gasteiger partial charge in [-0.1, -0.05) is 24.3 Å². The average Bonchev–Trinajstić information content (AvgIpc) is 3.31. The molecular formula is C23H24FN5O2. The number of hydrogen-bond acceptors (Lipinski definition) is 4. The first kappa shape index (κ1) is 20.7. The van der Waals surface area contributed by atoms with Crippen molar-refractivity contribution in [3.05, 3.63) is 83.7 Å². The maximum atomic E-state index is 13.1. The molecule has 8 heteroatoms. The quantitative estimate of drug-likeness (QED) is 0.664. The van der Waals surface area contributed by atoms with Crippen molar-refractivity contribution in [2.45, 2.75) is 25.9 Å². The molecule has 160 valence electrons. The van der Waals surface area contributed by atoms with E-state index in [0.717, 1.165) is 11.1 Å². The third-order valence-electron chi connectivity index (χ3n) is 5.51. The number of carbonyl (C=O) groups is 2. The first-order chi connectivity index (χ1) is 15.1. The molecule has 0 saturated carbocycles. The second-order valence-corrected chi connectivity index (χ2v) is 7.70. The number of halogens is 1. The molecule has 2 amide bonds. The first-order valence-corrected chi connectivity index (χ1v) is 10.3. The van der Waals surface area contributed by atoms with Gasteiger partial charge in [0.2, 0.25) is 5.91 Å². The highest BCUT2D eigenvalue weighted by Gasteiger charge is 2.27. The van der Waals surface area contributed by atoms with Gasteiger partial charge < -0.3 is 10.2 Å². The van der Waals surface area contributed by atoms with Gasteiger partial charge in [-0.25, -0.2) is 14.1 Å². The Kier molecular flexibility index (Phi) is 6.35. The van der Waals surface area contributed by atoms with Crippen LogP contribution in [0, 0.1) is 11.7 Å². The lowest BCUT2D eigenvalue weighted by Gasteiger charge is -2.31. The van der Waals surface area contributed by atoms with Crippen molar-refractivity contribution in [3.63, 3.8) is 0 Å². The molecule has 1 N–H and O–H groups in total. The Balaban J connectivity index is 1.26. The number of benzene rings is 2. The molecular weight excluding hydrogens is 397 g/mol. The van der Waals surface area contributed by atoms with Gasteiger partial charge >= 0.3 is 0 Å². The largest absolute Gasteiger partial charge is 0.352 e. The molecule has 1 aromatic heterocycles. The fraction of sp³-hybridized carbons (Fsp3) is 0.304. The zero-order valence-electron chi connectivity index (χ0n) is 17.1. The van der Waals surface area contributed by atoms with E-state index in [4.69, 9.17) is 0 Å². The fourth-order valence-corrected chi connectivity index (χ4v) is 3.79. The van der Waals surface area contributed by atoms with Gasteiger partial charge in [0.15, 0.2) is 0 Å². The summed E-state index contributed by atoms with van der Waals surface area (Å²) in [5.74, 6) is -0.593. The summed E-state index contributed by atoms with van der Waals surface area (Å²) in [5, 5.41) is 7.13. The molecule has 1 fully saturated rings. The topological polar surface area (TPSA) is 80.1 Å². The van der Waals surface area contributed by atoms with Crippen LogP contribution in [0.2, 0.25) is 0 Å². The molecule has 2 aromatic carbocycles. The molecule has 2 heterocycles.